The lowest BCUT2D eigenvalue weighted by atomic mass is 9.79. The summed E-state index contributed by atoms with van der Waals surface area (Å²) in [7, 11) is -3.68. The van der Waals surface area contributed by atoms with Gasteiger partial charge in [-0.05, 0) is 30.4 Å². The highest BCUT2D eigenvalue weighted by Gasteiger charge is 2.26. The topological polar surface area (TPSA) is 66.5 Å². The zero-order valence-corrected chi connectivity index (χ0v) is 18.2. The van der Waals surface area contributed by atoms with Crippen LogP contribution in [0.5, 0.6) is 0 Å². The fourth-order valence-electron chi connectivity index (χ4n) is 3.41. The molecule has 2 aromatic rings. The number of halogens is 1. The van der Waals surface area contributed by atoms with Crippen LogP contribution >= 0.6 is 0 Å². The highest BCUT2D eigenvalue weighted by atomic mass is 32.2. The van der Waals surface area contributed by atoms with Crippen molar-refractivity contribution in [1.82, 2.24) is 9.62 Å². The van der Waals surface area contributed by atoms with E-state index >= 15 is 0 Å². The van der Waals surface area contributed by atoms with E-state index in [2.05, 4.69) is 19.2 Å². The van der Waals surface area contributed by atoms with Gasteiger partial charge in [0.25, 0.3) is 0 Å². The number of nitrogens with one attached hydrogen (secondary N) is 1. The molecule has 0 unspecified atom stereocenters. The Balaban J connectivity index is 2.01. The van der Waals surface area contributed by atoms with Crippen molar-refractivity contribution in [3.63, 3.8) is 0 Å². The zero-order valence-electron chi connectivity index (χ0n) is 17.4. The predicted octanol–water partition coefficient (Wildman–Crippen LogP) is 3.46. The quantitative estimate of drug-likeness (QED) is 0.676. The van der Waals surface area contributed by atoms with Crippen LogP contribution in [0.2, 0.25) is 0 Å². The number of nitrogens with zero attached hydrogens (tertiary/aromatic N) is 1. The molecule has 1 atom stereocenters. The van der Waals surface area contributed by atoms with Crippen LogP contribution in [0.25, 0.3) is 0 Å². The monoisotopic (exact) mass is 420 g/mol. The van der Waals surface area contributed by atoms with Crippen LogP contribution < -0.4 is 5.32 Å². The summed E-state index contributed by atoms with van der Waals surface area (Å²) in [6.07, 6.45) is 1.71. The van der Waals surface area contributed by atoms with E-state index in [4.69, 9.17) is 0 Å². The van der Waals surface area contributed by atoms with Gasteiger partial charge in [-0.1, -0.05) is 62.4 Å². The van der Waals surface area contributed by atoms with Crippen LogP contribution in [0.4, 0.5) is 4.39 Å². The second kappa shape index (κ2) is 9.50. The van der Waals surface area contributed by atoms with Gasteiger partial charge in [0.05, 0.1) is 12.8 Å². The van der Waals surface area contributed by atoms with Crippen LogP contribution in [0.3, 0.4) is 0 Å². The zero-order chi connectivity index (χ0) is 21.7. The van der Waals surface area contributed by atoms with E-state index in [0.29, 0.717) is 6.42 Å². The van der Waals surface area contributed by atoms with Gasteiger partial charge in [0.1, 0.15) is 5.82 Å². The average molecular weight is 421 g/mol. The number of carbonyl (C=O) groups is 1. The molecule has 2 aromatic carbocycles. The van der Waals surface area contributed by atoms with E-state index in [1.807, 2.05) is 37.3 Å². The Morgan fingerprint density at radius 1 is 1.10 bits per heavy atom. The molecule has 2 rings (SSSR count). The molecule has 0 saturated heterocycles. The number of hydrogen-bond donors (Lipinski definition) is 1. The van der Waals surface area contributed by atoms with Crippen molar-refractivity contribution in [2.45, 2.75) is 45.2 Å². The molecule has 0 saturated carbocycles. The van der Waals surface area contributed by atoms with E-state index < -0.39 is 21.7 Å². The Hall–Kier alpha value is -2.25. The van der Waals surface area contributed by atoms with Crippen LogP contribution in [-0.4, -0.2) is 37.5 Å². The first-order chi connectivity index (χ1) is 13.5. The standard InChI is InChI=1S/C22H29FN2O3S/c1-17(14-22(2,3)19-11-6-5-7-12-19)24-21(26)16-25(29(4,27)28)15-18-10-8-9-13-20(18)23/h5-13,17H,14-16H2,1-4H3,(H,24,26)/t17-/m0/s1. The van der Waals surface area contributed by atoms with Gasteiger partial charge in [0, 0.05) is 18.2 Å². The lowest BCUT2D eigenvalue weighted by Crippen LogP contribution is -2.44. The van der Waals surface area contributed by atoms with Gasteiger partial charge in [0.2, 0.25) is 15.9 Å². The molecule has 1 N–H and O–H groups in total. The van der Waals surface area contributed by atoms with Gasteiger partial charge in [-0.25, -0.2) is 12.8 Å². The summed E-state index contributed by atoms with van der Waals surface area (Å²) in [6, 6.07) is 15.8. The second-order valence-electron chi connectivity index (χ2n) is 8.05. The summed E-state index contributed by atoms with van der Waals surface area (Å²) in [5, 5.41) is 2.87. The molecule has 7 heteroatoms. The molecule has 0 aliphatic rings. The van der Waals surface area contributed by atoms with Crippen molar-refractivity contribution in [1.29, 1.82) is 0 Å². The number of benzene rings is 2. The van der Waals surface area contributed by atoms with Gasteiger partial charge in [-0.3, -0.25) is 4.79 Å². The number of hydrogen-bond acceptors (Lipinski definition) is 3. The molecular formula is C22H29FN2O3S. The maximum absolute atomic E-state index is 13.9. The molecule has 29 heavy (non-hydrogen) atoms. The maximum atomic E-state index is 13.9. The highest BCUT2D eigenvalue weighted by Crippen LogP contribution is 2.28. The Bertz CT molecular complexity index is 930. The lowest BCUT2D eigenvalue weighted by molar-refractivity contribution is -0.122. The summed E-state index contributed by atoms with van der Waals surface area (Å²) >= 11 is 0. The van der Waals surface area contributed by atoms with E-state index in [9.17, 15) is 17.6 Å². The predicted molar refractivity (Wildman–Crippen MR) is 113 cm³/mol. The van der Waals surface area contributed by atoms with E-state index in [1.165, 1.54) is 23.8 Å². The van der Waals surface area contributed by atoms with Gasteiger partial charge < -0.3 is 5.32 Å². The molecular weight excluding hydrogens is 391 g/mol. The molecule has 158 valence electrons. The van der Waals surface area contributed by atoms with Crippen LogP contribution in [0, 0.1) is 5.82 Å². The molecule has 0 aliphatic carbocycles. The summed E-state index contributed by atoms with van der Waals surface area (Å²) in [4.78, 5) is 12.5. The first kappa shape index (κ1) is 23.0. The number of sulfonamides is 1. The summed E-state index contributed by atoms with van der Waals surface area (Å²) in [5.74, 6) is -0.914. The van der Waals surface area contributed by atoms with E-state index in [-0.39, 0.29) is 30.1 Å². The number of rotatable bonds is 9. The van der Waals surface area contributed by atoms with Crippen LogP contribution in [0.1, 0.15) is 38.3 Å². The number of carbonyl (C=O) groups excluding carboxylic acids is 1. The summed E-state index contributed by atoms with van der Waals surface area (Å²) < 4.78 is 39.1. The van der Waals surface area contributed by atoms with Crippen LogP contribution in [-0.2, 0) is 26.8 Å². The third-order valence-corrected chi connectivity index (χ3v) is 6.07. The fourth-order valence-corrected chi connectivity index (χ4v) is 4.14. The molecule has 0 aliphatic heterocycles. The Labute approximate surface area is 173 Å². The van der Waals surface area contributed by atoms with Crippen molar-refractivity contribution in [2.24, 2.45) is 0 Å². The fraction of sp³-hybridized carbons (Fsp3) is 0.409. The molecule has 1 amide bonds. The average Bonchev–Trinajstić information content (AvgIpc) is 2.62. The van der Waals surface area contributed by atoms with Gasteiger partial charge in [-0.15, -0.1) is 0 Å². The van der Waals surface area contributed by atoms with Crippen molar-refractivity contribution >= 4 is 15.9 Å². The van der Waals surface area contributed by atoms with E-state index in [1.54, 1.807) is 6.07 Å². The van der Waals surface area contributed by atoms with Crippen LogP contribution in [0.15, 0.2) is 54.6 Å². The SMILES string of the molecule is C[C@@H](CC(C)(C)c1ccccc1)NC(=O)CN(Cc1ccccc1F)S(C)(=O)=O. The van der Waals surface area contributed by atoms with Gasteiger partial charge in [0.15, 0.2) is 0 Å². The maximum Gasteiger partial charge on any atom is 0.235 e. The Morgan fingerprint density at radius 2 is 1.69 bits per heavy atom. The van der Waals surface area contributed by atoms with Crippen molar-refractivity contribution in [2.75, 3.05) is 12.8 Å². The minimum absolute atomic E-state index is 0.155. The van der Waals surface area contributed by atoms with Crippen molar-refractivity contribution < 1.29 is 17.6 Å². The summed E-state index contributed by atoms with van der Waals surface area (Å²) in [5.41, 5.74) is 1.24. The van der Waals surface area contributed by atoms with Gasteiger partial charge >= 0.3 is 0 Å². The molecule has 0 bridgehead atoms. The molecule has 0 fully saturated rings. The summed E-state index contributed by atoms with van der Waals surface area (Å²) in [6.45, 7) is 5.55. The minimum Gasteiger partial charge on any atom is -0.352 e. The van der Waals surface area contributed by atoms with Gasteiger partial charge in [-0.2, -0.15) is 4.31 Å². The Kier molecular flexibility index (Phi) is 7.54. The number of amides is 1. The minimum atomic E-state index is -3.68. The highest BCUT2D eigenvalue weighted by molar-refractivity contribution is 7.88. The molecule has 0 spiro atoms. The Morgan fingerprint density at radius 3 is 2.28 bits per heavy atom. The molecule has 5 nitrogen and oxygen atoms in total. The van der Waals surface area contributed by atoms with Crippen molar-refractivity contribution in [3.8, 4) is 0 Å². The smallest absolute Gasteiger partial charge is 0.235 e. The largest absolute Gasteiger partial charge is 0.352 e. The second-order valence-corrected chi connectivity index (χ2v) is 10.0. The molecule has 0 aromatic heterocycles. The first-order valence-corrected chi connectivity index (χ1v) is 11.4. The lowest BCUT2D eigenvalue weighted by Gasteiger charge is -2.29. The van der Waals surface area contributed by atoms with Crippen molar-refractivity contribution in [3.05, 3.63) is 71.5 Å². The molecule has 0 heterocycles. The van der Waals surface area contributed by atoms with E-state index in [0.717, 1.165) is 10.6 Å². The first-order valence-electron chi connectivity index (χ1n) is 9.52. The third-order valence-electron chi connectivity index (χ3n) is 4.87. The third kappa shape index (κ3) is 6.94. The normalized spacial score (nSPS) is 13.3. The molecule has 0 radical (unpaired) electrons.